The minimum Gasteiger partial charge on any atom is -0.486 e. The molecule has 30 heavy (non-hydrogen) atoms. The molecular formula is C22H29N3O3S2. The second-order valence-electron chi connectivity index (χ2n) is 7.63. The van der Waals surface area contributed by atoms with Crippen molar-refractivity contribution in [3.8, 4) is 0 Å². The normalized spacial score (nSPS) is 18.5. The fourth-order valence-electron chi connectivity index (χ4n) is 3.40. The molecule has 0 fully saturated rings. The zero-order valence-electron chi connectivity index (χ0n) is 17.5. The summed E-state index contributed by atoms with van der Waals surface area (Å²) < 4.78 is 6.40. The Balaban J connectivity index is 1.43. The van der Waals surface area contributed by atoms with E-state index in [1.54, 1.807) is 0 Å². The highest BCUT2D eigenvalue weighted by molar-refractivity contribution is 8.15. The number of nitrogens with one attached hydrogen (secondary N) is 2. The lowest BCUT2D eigenvalue weighted by atomic mass is 9.99. The lowest BCUT2D eigenvalue weighted by Gasteiger charge is -2.26. The van der Waals surface area contributed by atoms with Gasteiger partial charge >= 0.3 is 0 Å². The van der Waals surface area contributed by atoms with Gasteiger partial charge in [-0.1, -0.05) is 80.7 Å². The average molecular weight is 448 g/mol. The molecule has 1 amide bonds. The lowest BCUT2D eigenvalue weighted by molar-refractivity contribution is -0.124. The smallest absolute Gasteiger partial charge is 0.276 e. The van der Waals surface area contributed by atoms with E-state index in [4.69, 9.17) is 4.74 Å². The highest BCUT2D eigenvalue weighted by Gasteiger charge is 2.39. The molecule has 1 aromatic carbocycles. The molecule has 2 N–H and O–H groups in total. The maximum absolute atomic E-state index is 12.2. The average Bonchev–Trinajstić information content (AvgIpc) is 3.27. The summed E-state index contributed by atoms with van der Waals surface area (Å²) in [6.07, 6.45) is 9.60. The number of carbonyl (C=O) groups is 2. The Kier molecular flexibility index (Phi) is 8.16. The summed E-state index contributed by atoms with van der Waals surface area (Å²) in [6.45, 7) is 4.09. The number of rotatable bonds is 12. The first-order valence-electron chi connectivity index (χ1n) is 10.5. The monoisotopic (exact) mass is 447 g/mol. The Hall–Kier alpha value is -2.06. The van der Waals surface area contributed by atoms with Crippen molar-refractivity contribution in [3.63, 3.8) is 0 Å². The van der Waals surface area contributed by atoms with E-state index in [-0.39, 0.29) is 22.4 Å². The number of aromatic nitrogens is 1. The molecule has 0 radical (unpaired) electrons. The number of thiazole rings is 1. The summed E-state index contributed by atoms with van der Waals surface area (Å²) in [6, 6.07) is 7.78. The van der Waals surface area contributed by atoms with Crippen LogP contribution in [0.15, 0.2) is 36.1 Å². The largest absolute Gasteiger partial charge is 0.486 e. The molecule has 2 heterocycles. The molecule has 1 aromatic heterocycles. The van der Waals surface area contributed by atoms with Gasteiger partial charge in [0.05, 0.1) is 15.0 Å². The molecule has 0 bridgehead atoms. The van der Waals surface area contributed by atoms with Crippen LogP contribution in [0.2, 0.25) is 0 Å². The number of hydrogen-bond acceptors (Lipinski definition) is 7. The Labute approximate surface area is 185 Å². The van der Waals surface area contributed by atoms with Gasteiger partial charge in [0.25, 0.3) is 5.91 Å². The van der Waals surface area contributed by atoms with E-state index in [0.29, 0.717) is 10.9 Å². The third kappa shape index (κ3) is 6.22. The van der Waals surface area contributed by atoms with Crippen LogP contribution in [0.5, 0.6) is 0 Å². The summed E-state index contributed by atoms with van der Waals surface area (Å²) in [5, 5.41) is 0.606. The molecule has 1 atom stereocenters. The fourth-order valence-corrected chi connectivity index (χ4v) is 5.30. The van der Waals surface area contributed by atoms with Crippen LogP contribution in [0.1, 0.15) is 58.8 Å². The van der Waals surface area contributed by atoms with Gasteiger partial charge < -0.3 is 4.74 Å². The van der Waals surface area contributed by atoms with Crippen LogP contribution in [0.25, 0.3) is 10.2 Å². The molecule has 8 heteroatoms. The predicted octanol–water partition coefficient (Wildman–Crippen LogP) is 5.42. The number of carbonyl (C=O) groups excluding carboxylic acids is 2. The van der Waals surface area contributed by atoms with Crippen molar-refractivity contribution in [2.75, 3.05) is 12.0 Å². The van der Waals surface area contributed by atoms with Crippen molar-refractivity contribution in [1.82, 2.24) is 10.4 Å². The quantitative estimate of drug-likeness (QED) is 0.334. The van der Waals surface area contributed by atoms with Crippen molar-refractivity contribution < 1.29 is 14.3 Å². The van der Waals surface area contributed by atoms with Gasteiger partial charge in [0.15, 0.2) is 6.61 Å². The van der Waals surface area contributed by atoms with Crippen LogP contribution in [-0.4, -0.2) is 27.4 Å². The molecule has 1 aliphatic heterocycles. The van der Waals surface area contributed by atoms with E-state index in [9.17, 15) is 9.59 Å². The first kappa shape index (κ1) is 22.6. The lowest BCUT2D eigenvalue weighted by Crippen LogP contribution is -2.33. The Bertz CT molecular complexity index is 879. The number of nitrogens with zero attached hydrogens (tertiary/aromatic N) is 1. The van der Waals surface area contributed by atoms with Crippen LogP contribution in [-0.2, 0) is 14.3 Å². The van der Waals surface area contributed by atoms with Gasteiger partial charge in [-0.3, -0.25) is 20.4 Å². The van der Waals surface area contributed by atoms with Crippen LogP contribution < -0.4 is 10.9 Å². The van der Waals surface area contributed by atoms with Gasteiger partial charge in [-0.05, 0) is 25.5 Å². The fraction of sp³-hybridized carbons (Fsp3) is 0.500. The number of benzene rings is 1. The van der Waals surface area contributed by atoms with Crippen molar-refractivity contribution in [1.29, 1.82) is 0 Å². The molecule has 2 aromatic rings. The van der Waals surface area contributed by atoms with Crippen molar-refractivity contribution >= 4 is 49.5 Å². The van der Waals surface area contributed by atoms with Gasteiger partial charge in [0, 0.05) is 6.08 Å². The topological polar surface area (TPSA) is 80.3 Å². The number of para-hydroxylation sites is 1. The molecule has 0 spiro atoms. The standard InChI is InChI=1S/C22H29N3O3S2/c1-3-4-5-6-7-10-13-22(2)18(14-20(27)30-22)28-15-19(26)24-25-21-23-16-11-8-9-12-17(16)29-21/h8-9,11-12,14H,3-7,10,13,15H2,1-2H3,(H,23,25)(H,24,26). The van der Waals surface area contributed by atoms with Crippen LogP contribution in [0.3, 0.4) is 0 Å². The summed E-state index contributed by atoms with van der Waals surface area (Å²) in [5.74, 6) is 0.280. The summed E-state index contributed by atoms with van der Waals surface area (Å²) >= 11 is 2.76. The van der Waals surface area contributed by atoms with Crippen molar-refractivity contribution in [2.24, 2.45) is 0 Å². The van der Waals surface area contributed by atoms with Crippen LogP contribution in [0, 0.1) is 0 Å². The van der Waals surface area contributed by atoms with E-state index in [1.807, 2.05) is 31.2 Å². The van der Waals surface area contributed by atoms with Gasteiger partial charge in [0.2, 0.25) is 10.2 Å². The number of anilines is 1. The SMILES string of the molecule is CCCCCCCCC1(C)SC(=O)C=C1OCC(=O)NNc1nc2ccccc2s1. The van der Waals surface area contributed by atoms with Crippen molar-refractivity contribution in [3.05, 3.63) is 36.1 Å². The van der Waals surface area contributed by atoms with Crippen molar-refractivity contribution in [2.45, 2.75) is 63.5 Å². The first-order valence-corrected chi connectivity index (χ1v) is 12.1. The summed E-state index contributed by atoms with van der Waals surface area (Å²) in [5.41, 5.74) is 6.32. The number of unbranched alkanes of at least 4 members (excludes halogenated alkanes) is 5. The minimum atomic E-state index is -0.386. The Morgan fingerprint density at radius 3 is 2.73 bits per heavy atom. The summed E-state index contributed by atoms with van der Waals surface area (Å²) in [4.78, 5) is 28.6. The third-order valence-corrected chi connectivity index (χ3v) is 7.19. The predicted molar refractivity (Wildman–Crippen MR) is 124 cm³/mol. The molecule has 0 saturated carbocycles. The number of ether oxygens (including phenoxy) is 1. The van der Waals surface area contributed by atoms with Crippen LogP contribution >= 0.6 is 23.1 Å². The first-order chi connectivity index (χ1) is 14.5. The second-order valence-corrected chi connectivity index (χ2v) is 10.2. The van der Waals surface area contributed by atoms with Crippen LogP contribution in [0.4, 0.5) is 5.13 Å². The van der Waals surface area contributed by atoms with E-state index in [1.165, 1.54) is 54.9 Å². The summed E-state index contributed by atoms with van der Waals surface area (Å²) in [7, 11) is 0. The molecule has 0 saturated heterocycles. The molecule has 1 aliphatic rings. The number of fused-ring (bicyclic) bond motifs is 1. The number of hydrazine groups is 1. The van der Waals surface area contributed by atoms with Gasteiger partial charge in [-0.2, -0.15) is 0 Å². The maximum Gasteiger partial charge on any atom is 0.276 e. The zero-order chi connectivity index (χ0) is 21.4. The highest BCUT2D eigenvalue weighted by atomic mass is 32.2. The van der Waals surface area contributed by atoms with Gasteiger partial charge in [-0.25, -0.2) is 4.98 Å². The minimum absolute atomic E-state index is 0.00788. The molecule has 3 rings (SSSR count). The van der Waals surface area contributed by atoms with E-state index >= 15 is 0 Å². The molecule has 162 valence electrons. The number of thioether (sulfide) groups is 1. The highest BCUT2D eigenvalue weighted by Crippen LogP contribution is 2.44. The van der Waals surface area contributed by atoms with E-state index < -0.39 is 0 Å². The zero-order valence-corrected chi connectivity index (χ0v) is 19.2. The molecule has 6 nitrogen and oxygen atoms in total. The molecular weight excluding hydrogens is 418 g/mol. The van der Waals surface area contributed by atoms with Gasteiger partial charge in [-0.15, -0.1) is 0 Å². The maximum atomic E-state index is 12.2. The second kappa shape index (κ2) is 10.8. The molecule has 1 unspecified atom stereocenters. The molecule has 0 aliphatic carbocycles. The third-order valence-electron chi connectivity index (χ3n) is 5.06. The number of hydrogen-bond donors (Lipinski definition) is 2. The Morgan fingerprint density at radius 1 is 1.17 bits per heavy atom. The van der Waals surface area contributed by atoms with E-state index in [2.05, 4.69) is 22.8 Å². The Morgan fingerprint density at radius 2 is 1.93 bits per heavy atom. The van der Waals surface area contributed by atoms with E-state index in [0.717, 1.165) is 29.5 Å². The number of amides is 1. The van der Waals surface area contributed by atoms with Gasteiger partial charge in [0.1, 0.15) is 5.76 Å².